The fourth-order valence-corrected chi connectivity index (χ4v) is 4.56. The lowest BCUT2D eigenvalue weighted by molar-refractivity contribution is -0.123. The second kappa shape index (κ2) is 9.82. The van der Waals surface area contributed by atoms with Gasteiger partial charge in [-0.25, -0.2) is 0 Å². The molecule has 0 unspecified atom stereocenters. The molecule has 156 valence electrons. The summed E-state index contributed by atoms with van der Waals surface area (Å²) in [6.45, 7) is 2.36. The van der Waals surface area contributed by atoms with Crippen molar-refractivity contribution in [2.75, 3.05) is 13.7 Å². The van der Waals surface area contributed by atoms with Crippen LogP contribution < -0.4 is 14.9 Å². The average Bonchev–Trinajstić information content (AvgIpc) is 2.97. The number of carbonyl (C=O) groups excluding carboxylic acids is 2. The number of nitrogens with one attached hydrogen (secondary N) is 1. The van der Waals surface area contributed by atoms with Crippen LogP contribution in [0.4, 0.5) is 0 Å². The van der Waals surface area contributed by atoms with Crippen LogP contribution in [-0.2, 0) is 4.79 Å². The van der Waals surface area contributed by atoms with E-state index in [9.17, 15) is 9.59 Å². The molecule has 1 aliphatic heterocycles. The standard InChI is InChI=1S/C20H16BrClN2O4S2/c1-3-28-17-14(21)7-11(8-15(17)27-2)9-16-19(26)24(20(29)30-16)23-18(25)12-5-4-6-13(22)10-12/h4-10H,3H2,1-2H3,(H,23,25)/b16-9-. The molecule has 0 aliphatic carbocycles. The Morgan fingerprint density at radius 1 is 1.37 bits per heavy atom. The van der Waals surface area contributed by atoms with Gasteiger partial charge in [-0.1, -0.05) is 29.4 Å². The number of rotatable bonds is 6. The van der Waals surface area contributed by atoms with E-state index < -0.39 is 11.8 Å². The number of methoxy groups -OCH3 is 1. The number of thiocarbonyl (C=S) groups is 1. The second-order valence-corrected chi connectivity index (χ2v) is 8.90. The largest absolute Gasteiger partial charge is 0.493 e. The summed E-state index contributed by atoms with van der Waals surface area (Å²) in [4.78, 5) is 25.6. The van der Waals surface area contributed by atoms with Crippen molar-refractivity contribution >= 4 is 73.7 Å². The Morgan fingerprint density at radius 2 is 2.13 bits per heavy atom. The lowest BCUT2D eigenvalue weighted by Crippen LogP contribution is -2.44. The molecule has 0 aromatic heterocycles. The van der Waals surface area contributed by atoms with Gasteiger partial charge in [0.1, 0.15) is 0 Å². The van der Waals surface area contributed by atoms with E-state index in [1.807, 2.05) is 13.0 Å². The van der Waals surface area contributed by atoms with E-state index in [0.717, 1.165) is 16.8 Å². The predicted molar refractivity (Wildman–Crippen MR) is 126 cm³/mol. The Balaban J connectivity index is 1.83. The zero-order chi connectivity index (χ0) is 21.8. The number of halogens is 2. The smallest absolute Gasteiger partial charge is 0.285 e. The normalized spacial score (nSPS) is 14.9. The van der Waals surface area contributed by atoms with Gasteiger partial charge < -0.3 is 9.47 Å². The van der Waals surface area contributed by atoms with E-state index in [0.29, 0.717) is 43.6 Å². The molecule has 1 heterocycles. The number of benzene rings is 2. The molecule has 0 radical (unpaired) electrons. The maximum Gasteiger partial charge on any atom is 0.285 e. The van der Waals surface area contributed by atoms with Crippen molar-refractivity contribution in [3.63, 3.8) is 0 Å². The van der Waals surface area contributed by atoms with Gasteiger partial charge in [0, 0.05) is 10.6 Å². The van der Waals surface area contributed by atoms with Crippen LogP contribution in [0.15, 0.2) is 45.8 Å². The molecule has 2 aromatic carbocycles. The first-order valence-electron chi connectivity index (χ1n) is 8.69. The highest BCUT2D eigenvalue weighted by Crippen LogP contribution is 2.39. The molecule has 1 saturated heterocycles. The molecule has 2 amide bonds. The van der Waals surface area contributed by atoms with Gasteiger partial charge in [0.25, 0.3) is 11.8 Å². The molecule has 10 heteroatoms. The predicted octanol–water partition coefficient (Wildman–Crippen LogP) is 5.06. The van der Waals surface area contributed by atoms with Gasteiger partial charge in [-0.05, 0) is 77.0 Å². The molecule has 0 spiro atoms. The molecule has 2 aromatic rings. The van der Waals surface area contributed by atoms with E-state index in [-0.39, 0.29) is 4.32 Å². The minimum absolute atomic E-state index is 0.221. The zero-order valence-corrected chi connectivity index (χ0v) is 19.9. The Labute approximate surface area is 196 Å². The van der Waals surface area contributed by atoms with Crippen LogP contribution in [0.3, 0.4) is 0 Å². The van der Waals surface area contributed by atoms with Crippen LogP contribution in [0, 0.1) is 0 Å². The van der Waals surface area contributed by atoms with Crippen LogP contribution in [0.2, 0.25) is 5.02 Å². The quantitative estimate of drug-likeness (QED) is 0.419. The van der Waals surface area contributed by atoms with Crippen LogP contribution in [0.5, 0.6) is 11.5 Å². The number of amides is 2. The third-order valence-corrected chi connectivity index (χ3v) is 6.06. The van der Waals surface area contributed by atoms with Crippen molar-refractivity contribution in [3.8, 4) is 11.5 Å². The van der Waals surface area contributed by atoms with E-state index >= 15 is 0 Å². The third-order valence-electron chi connectivity index (χ3n) is 3.93. The molecule has 0 bridgehead atoms. The van der Waals surface area contributed by atoms with E-state index in [1.54, 1.807) is 37.5 Å². The number of ether oxygens (including phenoxy) is 2. The second-order valence-electron chi connectivity index (χ2n) is 5.94. The number of hydrogen-bond donors (Lipinski definition) is 1. The fraction of sp³-hybridized carbons (Fsp3) is 0.150. The molecule has 30 heavy (non-hydrogen) atoms. The monoisotopic (exact) mass is 526 g/mol. The number of hydrogen-bond acceptors (Lipinski definition) is 6. The Bertz CT molecular complexity index is 1060. The maximum absolute atomic E-state index is 12.8. The molecule has 3 rings (SSSR count). The summed E-state index contributed by atoms with van der Waals surface area (Å²) in [5.41, 5.74) is 3.56. The zero-order valence-electron chi connectivity index (χ0n) is 15.9. The lowest BCUT2D eigenvalue weighted by atomic mass is 10.2. The molecule has 1 N–H and O–H groups in total. The third kappa shape index (κ3) is 4.97. The molecule has 1 aliphatic rings. The van der Waals surface area contributed by atoms with Gasteiger partial charge >= 0.3 is 0 Å². The molecule has 0 atom stereocenters. The molecule has 1 fully saturated rings. The molecular formula is C20H16BrClN2O4S2. The average molecular weight is 528 g/mol. The van der Waals surface area contributed by atoms with Crippen molar-refractivity contribution in [1.29, 1.82) is 0 Å². The summed E-state index contributed by atoms with van der Waals surface area (Å²) in [6.07, 6.45) is 1.67. The van der Waals surface area contributed by atoms with Crippen LogP contribution in [-0.4, -0.2) is 34.9 Å². The summed E-state index contributed by atoms with van der Waals surface area (Å²) in [7, 11) is 1.54. The van der Waals surface area contributed by atoms with Gasteiger partial charge in [-0.2, -0.15) is 5.01 Å². The summed E-state index contributed by atoms with van der Waals surface area (Å²) in [5.74, 6) is 0.200. The van der Waals surface area contributed by atoms with Crippen molar-refractivity contribution < 1.29 is 19.1 Å². The summed E-state index contributed by atoms with van der Waals surface area (Å²) in [6, 6.07) is 9.98. The van der Waals surface area contributed by atoms with Crippen LogP contribution in [0.1, 0.15) is 22.8 Å². The van der Waals surface area contributed by atoms with Gasteiger partial charge in [-0.15, -0.1) is 0 Å². The first-order valence-corrected chi connectivity index (χ1v) is 11.1. The van der Waals surface area contributed by atoms with E-state index in [4.69, 9.17) is 33.3 Å². The molecule has 0 saturated carbocycles. The van der Waals surface area contributed by atoms with Crippen molar-refractivity contribution in [2.45, 2.75) is 6.92 Å². The number of nitrogens with zero attached hydrogens (tertiary/aromatic N) is 1. The van der Waals surface area contributed by atoms with Gasteiger partial charge in [-0.3, -0.25) is 15.0 Å². The van der Waals surface area contributed by atoms with Gasteiger partial charge in [0.2, 0.25) is 0 Å². The first-order chi connectivity index (χ1) is 14.3. The van der Waals surface area contributed by atoms with E-state index in [1.165, 1.54) is 6.07 Å². The Hall–Kier alpha value is -2.07. The highest BCUT2D eigenvalue weighted by Gasteiger charge is 2.34. The highest BCUT2D eigenvalue weighted by molar-refractivity contribution is 9.10. The first kappa shape index (κ1) is 22.6. The van der Waals surface area contributed by atoms with Crippen molar-refractivity contribution in [1.82, 2.24) is 10.4 Å². The van der Waals surface area contributed by atoms with E-state index in [2.05, 4.69) is 21.4 Å². The van der Waals surface area contributed by atoms with Crippen LogP contribution >= 0.6 is 51.5 Å². The summed E-state index contributed by atoms with van der Waals surface area (Å²) < 4.78 is 11.9. The topological polar surface area (TPSA) is 67.9 Å². The SMILES string of the molecule is CCOc1c(Br)cc(/C=C2\SC(=S)N(NC(=O)c3cccc(Cl)c3)C2=O)cc1OC. The molecular weight excluding hydrogens is 512 g/mol. The maximum atomic E-state index is 12.8. The lowest BCUT2D eigenvalue weighted by Gasteiger charge is -2.15. The van der Waals surface area contributed by atoms with Crippen molar-refractivity contribution in [2.24, 2.45) is 0 Å². The number of carbonyl (C=O) groups is 2. The Kier molecular flexibility index (Phi) is 7.41. The Morgan fingerprint density at radius 3 is 2.80 bits per heavy atom. The minimum Gasteiger partial charge on any atom is -0.493 e. The fourth-order valence-electron chi connectivity index (χ4n) is 2.62. The molecule has 6 nitrogen and oxygen atoms in total. The highest BCUT2D eigenvalue weighted by atomic mass is 79.9. The summed E-state index contributed by atoms with van der Waals surface area (Å²) in [5, 5.41) is 1.47. The summed E-state index contributed by atoms with van der Waals surface area (Å²) >= 11 is 15.7. The number of thioether (sulfide) groups is 1. The van der Waals surface area contributed by atoms with Gasteiger partial charge in [0.05, 0.1) is 23.1 Å². The van der Waals surface area contributed by atoms with Gasteiger partial charge in [0.15, 0.2) is 15.8 Å². The van der Waals surface area contributed by atoms with Crippen molar-refractivity contribution in [3.05, 3.63) is 61.9 Å². The minimum atomic E-state index is -0.486. The van der Waals surface area contributed by atoms with Crippen LogP contribution in [0.25, 0.3) is 6.08 Å². The number of hydrazine groups is 1.